The molecule has 0 aromatic carbocycles. The van der Waals surface area contributed by atoms with Gasteiger partial charge in [-0.1, -0.05) is 19.8 Å². The summed E-state index contributed by atoms with van der Waals surface area (Å²) in [4.78, 5) is 21.9. The molecule has 154 valence electrons. The molecule has 0 radical (unpaired) electrons. The predicted octanol–water partition coefficient (Wildman–Crippen LogP) is 4.02. The van der Waals surface area contributed by atoms with Gasteiger partial charge in [-0.2, -0.15) is 0 Å². The molecule has 1 N–H and O–H groups in total. The lowest BCUT2D eigenvalue weighted by Gasteiger charge is -2.34. The molecule has 3 fully saturated rings. The minimum absolute atomic E-state index is 0.130. The Morgan fingerprint density at radius 2 is 1.86 bits per heavy atom. The number of carbonyl (C=O) groups excluding carboxylic acids is 1. The first kappa shape index (κ1) is 19.7. The normalized spacial score (nSPS) is 25.2. The van der Waals surface area contributed by atoms with E-state index < -0.39 is 0 Å². The van der Waals surface area contributed by atoms with Crippen molar-refractivity contribution in [3.8, 4) is 0 Å². The Kier molecular flexibility index (Phi) is 6.50. The molecule has 2 aliphatic heterocycles. The second-order valence-corrected chi connectivity index (χ2v) is 9.30. The lowest BCUT2D eigenvalue weighted by molar-refractivity contribution is 0.0682. The van der Waals surface area contributed by atoms with Crippen LogP contribution in [0.2, 0.25) is 0 Å². The number of nitrogens with zero attached hydrogens (tertiary/aromatic N) is 3. The van der Waals surface area contributed by atoms with Crippen LogP contribution in [0, 0.1) is 11.8 Å². The van der Waals surface area contributed by atoms with Crippen LogP contribution in [0.4, 0.5) is 5.82 Å². The van der Waals surface area contributed by atoms with Gasteiger partial charge < -0.3 is 15.1 Å². The van der Waals surface area contributed by atoms with Gasteiger partial charge in [-0.15, -0.1) is 0 Å². The molecule has 1 aromatic rings. The number of anilines is 1. The Balaban J connectivity index is 1.24. The second kappa shape index (κ2) is 9.25. The summed E-state index contributed by atoms with van der Waals surface area (Å²) < 4.78 is 0. The zero-order valence-electron chi connectivity index (χ0n) is 17.4. The maximum absolute atomic E-state index is 12.7. The van der Waals surface area contributed by atoms with Gasteiger partial charge in [-0.25, -0.2) is 4.98 Å². The van der Waals surface area contributed by atoms with Crippen molar-refractivity contribution in [2.75, 3.05) is 38.0 Å². The highest BCUT2D eigenvalue weighted by atomic mass is 16.2. The highest BCUT2D eigenvalue weighted by molar-refractivity contribution is 5.94. The second-order valence-electron chi connectivity index (χ2n) is 9.30. The summed E-state index contributed by atoms with van der Waals surface area (Å²) in [5.74, 6) is 2.58. The number of nitrogens with one attached hydrogen (secondary N) is 1. The van der Waals surface area contributed by atoms with Crippen molar-refractivity contribution in [3.63, 3.8) is 0 Å². The van der Waals surface area contributed by atoms with E-state index in [9.17, 15) is 4.79 Å². The Bertz CT molecular complexity index is 633. The van der Waals surface area contributed by atoms with Crippen LogP contribution in [0.5, 0.6) is 0 Å². The van der Waals surface area contributed by atoms with E-state index in [1.54, 1.807) is 6.20 Å². The molecule has 2 saturated heterocycles. The number of piperidine rings is 2. The molecular formula is C23H36N4O. The molecule has 1 atom stereocenters. The first-order valence-electron chi connectivity index (χ1n) is 11.4. The van der Waals surface area contributed by atoms with Crippen LogP contribution < -0.4 is 5.32 Å². The van der Waals surface area contributed by atoms with E-state index in [4.69, 9.17) is 0 Å². The van der Waals surface area contributed by atoms with Gasteiger partial charge in [0.05, 0.1) is 5.56 Å². The van der Waals surface area contributed by atoms with E-state index in [0.717, 1.165) is 31.2 Å². The van der Waals surface area contributed by atoms with Crippen LogP contribution in [0.1, 0.15) is 68.6 Å². The average Bonchev–Trinajstić information content (AvgIpc) is 3.23. The van der Waals surface area contributed by atoms with Crippen LogP contribution >= 0.6 is 0 Å². The highest BCUT2D eigenvalue weighted by Gasteiger charge is 2.24. The Morgan fingerprint density at radius 1 is 1.07 bits per heavy atom. The maximum Gasteiger partial charge on any atom is 0.255 e. The van der Waals surface area contributed by atoms with Crippen LogP contribution in [0.25, 0.3) is 0 Å². The quantitative estimate of drug-likeness (QED) is 0.833. The fourth-order valence-corrected chi connectivity index (χ4v) is 5.19. The molecule has 3 aliphatic rings. The minimum Gasteiger partial charge on any atom is -0.367 e. The Morgan fingerprint density at radius 3 is 2.54 bits per heavy atom. The van der Waals surface area contributed by atoms with Gasteiger partial charge in [0.2, 0.25) is 0 Å². The van der Waals surface area contributed by atoms with Crippen LogP contribution in [0.15, 0.2) is 18.3 Å². The van der Waals surface area contributed by atoms with Crippen molar-refractivity contribution in [1.29, 1.82) is 0 Å². The van der Waals surface area contributed by atoms with Gasteiger partial charge >= 0.3 is 0 Å². The molecule has 1 saturated carbocycles. The number of aromatic nitrogens is 1. The molecule has 5 nitrogen and oxygen atoms in total. The van der Waals surface area contributed by atoms with Crippen molar-refractivity contribution in [1.82, 2.24) is 14.8 Å². The number of rotatable bonds is 5. The largest absolute Gasteiger partial charge is 0.367 e. The number of likely N-dealkylation sites (tertiary alicyclic amines) is 2. The molecular weight excluding hydrogens is 348 g/mol. The summed E-state index contributed by atoms with van der Waals surface area (Å²) in [6, 6.07) is 4.41. The molecule has 0 bridgehead atoms. The molecule has 4 rings (SSSR count). The molecule has 3 heterocycles. The lowest BCUT2D eigenvalue weighted by Crippen LogP contribution is -2.41. The monoisotopic (exact) mass is 384 g/mol. The van der Waals surface area contributed by atoms with E-state index in [-0.39, 0.29) is 5.91 Å². The first-order chi connectivity index (χ1) is 13.7. The highest BCUT2D eigenvalue weighted by Crippen LogP contribution is 2.27. The fraction of sp³-hybridized carbons (Fsp3) is 0.739. The van der Waals surface area contributed by atoms with Crippen molar-refractivity contribution in [3.05, 3.63) is 23.9 Å². The van der Waals surface area contributed by atoms with E-state index in [0.29, 0.717) is 17.5 Å². The molecule has 1 amide bonds. The Hall–Kier alpha value is -1.62. The van der Waals surface area contributed by atoms with E-state index in [2.05, 4.69) is 22.1 Å². The molecule has 5 heteroatoms. The van der Waals surface area contributed by atoms with Crippen LogP contribution in [-0.2, 0) is 0 Å². The number of amides is 1. The van der Waals surface area contributed by atoms with Gasteiger partial charge in [-0.05, 0) is 62.5 Å². The molecule has 28 heavy (non-hydrogen) atoms. The SMILES string of the molecule is C[C@@H]1CCCN(C(=O)c2ccc(NC3CCN(CC4CCCC4)CC3)nc2)C1. The summed E-state index contributed by atoms with van der Waals surface area (Å²) >= 11 is 0. The summed E-state index contributed by atoms with van der Waals surface area (Å²) in [5, 5.41) is 3.59. The van der Waals surface area contributed by atoms with Crippen molar-refractivity contribution in [2.45, 2.75) is 64.3 Å². The third-order valence-corrected chi connectivity index (χ3v) is 6.89. The van der Waals surface area contributed by atoms with Gasteiger partial charge in [0.15, 0.2) is 0 Å². The number of pyridine rings is 1. The Labute approximate surface area is 169 Å². The smallest absolute Gasteiger partial charge is 0.255 e. The fourth-order valence-electron chi connectivity index (χ4n) is 5.19. The van der Waals surface area contributed by atoms with Gasteiger partial charge in [-0.3, -0.25) is 4.79 Å². The summed E-state index contributed by atoms with van der Waals surface area (Å²) in [5.41, 5.74) is 0.714. The zero-order valence-corrected chi connectivity index (χ0v) is 17.4. The molecule has 1 aromatic heterocycles. The zero-order chi connectivity index (χ0) is 19.3. The van der Waals surface area contributed by atoms with Gasteiger partial charge in [0, 0.05) is 45.0 Å². The maximum atomic E-state index is 12.7. The van der Waals surface area contributed by atoms with Crippen LogP contribution in [-0.4, -0.2) is 59.5 Å². The van der Waals surface area contributed by atoms with E-state index >= 15 is 0 Å². The van der Waals surface area contributed by atoms with Gasteiger partial charge in [0.25, 0.3) is 5.91 Å². The van der Waals surface area contributed by atoms with Gasteiger partial charge in [0.1, 0.15) is 5.82 Å². The number of hydrogen-bond donors (Lipinski definition) is 1. The summed E-state index contributed by atoms with van der Waals surface area (Å²) in [6.07, 6.45) is 12.2. The van der Waals surface area contributed by atoms with E-state index in [1.807, 2.05) is 17.0 Å². The summed E-state index contributed by atoms with van der Waals surface area (Å²) in [6.45, 7) is 7.66. The molecule has 1 aliphatic carbocycles. The number of hydrogen-bond acceptors (Lipinski definition) is 4. The van der Waals surface area contributed by atoms with Crippen molar-refractivity contribution >= 4 is 11.7 Å². The van der Waals surface area contributed by atoms with Crippen LogP contribution in [0.3, 0.4) is 0 Å². The van der Waals surface area contributed by atoms with E-state index in [1.165, 1.54) is 64.6 Å². The standard InChI is InChI=1S/C23H36N4O/c1-18-5-4-12-27(16-18)23(28)20-8-9-22(24-15-20)25-21-10-13-26(14-11-21)17-19-6-2-3-7-19/h8-9,15,18-19,21H,2-7,10-14,16-17H2,1H3,(H,24,25)/t18-/m1/s1. The summed E-state index contributed by atoms with van der Waals surface area (Å²) in [7, 11) is 0. The first-order valence-corrected chi connectivity index (χ1v) is 11.4. The third kappa shape index (κ3) is 5.05. The lowest BCUT2D eigenvalue weighted by atomic mass is 10.00. The van der Waals surface area contributed by atoms with Crippen molar-refractivity contribution < 1.29 is 4.79 Å². The third-order valence-electron chi connectivity index (χ3n) is 6.89. The predicted molar refractivity (Wildman–Crippen MR) is 114 cm³/mol. The topological polar surface area (TPSA) is 48.5 Å². The molecule has 0 unspecified atom stereocenters. The molecule has 0 spiro atoms. The number of carbonyl (C=O) groups is 1. The average molecular weight is 385 g/mol. The van der Waals surface area contributed by atoms with Crippen molar-refractivity contribution in [2.24, 2.45) is 11.8 Å². The minimum atomic E-state index is 0.130.